The first kappa shape index (κ1) is 13.3. The van der Waals surface area contributed by atoms with Crippen LogP contribution in [0.3, 0.4) is 0 Å². The summed E-state index contributed by atoms with van der Waals surface area (Å²) in [6.45, 7) is 0.616. The summed E-state index contributed by atoms with van der Waals surface area (Å²) in [4.78, 5) is 11.5. The second-order valence-corrected chi connectivity index (χ2v) is 6.18. The summed E-state index contributed by atoms with van der Waals surface area (Å²) in [5.74, 6) is -0.365. The molecule has 1 aromatic heterocycles. The zero-order valence-corrected chi connectivity index (χ0v) is 12.0. The average Bonchev–Trinajstić information content (AvgIpc) is 2.76. The van der Waals surface area contributed by atoms with E-state index in [-0.39, 0.29) is 5.91 Å². The van der Waals surface area contributed by atoms with Gasteiger partial charge in [0.2, 0.25) is 5.91 Å². The molecule has 1 heterocycles. The Kier molecular flexibility index (Phi) is 4.52. The molecule has 0 saturated carbocycles. The van der Waals surface area contributed by atoms with Crippen molar-refractivity contribution in [1.29, 1.82) is 0 Å². The number of carbonyl (C=O) groups is 1. The van der Waals surface area contributed by atoms with Crippen molar-refractivity contribution in [1.82, 2.24) is 5.32 Å². The summed E-state index contributed by atoms with van der Waals surface area (Å²) in [6, 6.07) is 11.1. The van der Waals surface area contributed by atoms with Gasteiger partial charge in [0.1, 0.15) is 6.04 Å². The lowest BCUT2D eigenvalue weighted by molar-refractivity contribution is -0.120. The van der Waals surface area contributed by atoms with Gasteiger partial charge in [0, 0.05) is 6.54 Å². The highest BCUT2D eigenvalue weighted by atomic mass is 79.9. The lowest BCUT2D eigenvalue weighted by Crippen LogP contribution is -2.33. The van der Waals surface area contributed by atoms with E-state index in [9.17, 15) is 4.79 Å². The minimum atomic E-state index is -0.454. The summed E-state index contributed by atoms with van der Waals surface area (Å²) in [6.07, 6.45) is 0. The van der Waals surface area contributed by atoms with E-state index >= 15 is 0 Å². The zero-order valence-electron chi connectivity index (χ0n) is 9.60. The van der Waals surface area contributed by atoms with Gasteiger partial charge in [-0.2, -0.15) is 0 Å². The molecule has 0 saturated heterocycles. The summed E-state index contributed by atoms with van der Waals surface area (Å²) in [5, 5.41) is 5.22. The van der Waals surface area contributed by atoms with Crippen LogP contribution in [-0.2, 0) is 11.3 Å². The number of thiophene rings is 1. The lowest BCUT2D eigenvalue weighted by atomic mass is 10.1. The Balaban J connectivity index is 2.06. The van der Waals surface area contributed by atoms with Crippen molar-refractivity contribution in [2.45, 2.75) is 12.6 Å². The summed E-state index contributed by atoms with van der Waals surface area (Å²) in [7, 11) is 0. The molecule has 0 aliphatic rings. The van der Waals surface area contributed by atoms with Crippen LogP contribution in [0.25, 0.3) is 0 Å². The number of nitrogens with one attached hydrogen (secondary N) is 1. The van der Waals surface area contributed by atoms with Crippen molar-refractivity contribution in [3.63, 3.8) is 0 Å². The van der Waals surface area contributed by atoms with Crippen molar-refractivity contribution in [2.24, 2.45) is 5.73 Å². The van der Waals surface area contributed by atoms with E-state index in [2.05, 4.69) is 21.2 Å². The molecule has 0 unspecified atom stereocenters. The first-order chi connectivity index (χ1) is 8.66. The predicted octanol–water partition coefficient (Wildman–Crippen LogP) is 2.83. The van der Waals surface area contributed by atoms with E-state index in [1.807, 2.05) is 41.8 Å². The monoisotopic (exact) mass is 324 g/mol. The largest absolute Gasteiger partial charge is 0.368 e. The fourth-order valence-electron chi connectivity index (χ4n) is 1.69. The van der Waals surface area contributed by atoms with Gasteiger partial charge in [0.15, 0.2) is 0 Å². The Morgan fingerprint density at radius 3 is 2.67 bits per heavy atom. The SMILES string of the molecule is NC(=O)[C@H](NCc1csc(Br)c1)c1ccccc1. The third kappa shape index (κ3) is 3.41. The number of carbonyl (C=O) groups excluding carboxylic acids is 1. The highest BCUT2D eigenvalue weighted by Crippen LogP contribution is 2.21. The van der Waals surface area contributed by atoms with Crippen LogP contribution in [0.15, 0.2) is 45.6 Å². The Labute approximate surface area is 118 Å². The maximum Gasteiger partial charge on any atom is 0.239 e. The van der Waals surface area contributed by atoms with Gasteiger partial charge in [0.25, 0.3) is 0 Å². The molecule has 0 radical (unpaired) electrons. The van der Waals surface area contributed by atoms with Crippen molar-refractivity contribution >= 4 is 33.2 Å². The number of primary amides is 1. The van der Waals surface area contributed by atoms with Crippen LogP contribution in [0, 0.1) is 0 Å². The maximum atomic E-state index is 11.5. The lowest BCUT2D eigenvalue weighted by Gasteiger charge is -2.15. The van der Waals surface area contributed by atoms with Gasteiger partial charge in [-0.25, -0.2) is 0 Å². The predicted molar refractivity (Wildman–Crippen MR) is 77.2 cm³/mol. The number of halogens is 1. The van der Waals surface area contributed by atoms with Crippen LogP contribution in [0.1, 0.15) is 17.2 Å². The van der Waals surface area contributed by atoms with Crippen molar-refractivity contribution in [2.75, 3.05) is 0 Å². The van der Waals surface area contributed by atoms with Crippen LogP contribution in [0.2, 0.25) is 0 Å². The van der Waals surface area contributed by atoms with E-state index in [4.69, 9.17) is 5.73 Å². The van der Waals surface area contributed by atoms with Crippen LogP contribution < -0.4 is 11.1 Å². The molecule has 94 valence electrons. The molecular weight excluding hydrogens is 312 g/mol. The second kappa shape index (κ2) is 6.13. The highest BCUT2D eigenvalue weighted by Gasteiger charge is 2.16. The van der Waals surface area contributed by atoms with Crippen molar-refractivity contribution in [3.8, 4) is 0 Å². The fraction of sp³-hybridized carbons (Fsp3) is 0.154. The molecule has 3 nitrogen and oxygen atoms in total. The summed E-state index contributed by atoms with van der Waals surface area (Å²) >= 11 is 5.03. The minimum Gasteiger partial charge on any atom is -0.368 e. The third-order valence-electron chi connectivity index (χ3n) is 2.55. The smallest absolute Gasteiger partial charge is 0.239 e. The molecule has 0 aliphatic carbocycles. The highest BCUT2D eigenvalue weighted by molar-refractivity contribution is 9.11. The Hall–Kier alpha value is -1.17. The standard InChI is InChI=1S/C13H13BrN2OS/c14-11-6-9(8-18-11)7-16-12(13(15)17)10-4-2-1-3-5-10/h1-6,8,12,16H,7H2,(H2,15,17)/t12-/m1/s1. The molecule has 5 heteroatoms. The molecule has 3 N–H and O–H groups in total. The Bertz CT molecular complexity index is 527. The van der Waals surface area contributed by atoms with Crippen LogP contribution >= 0.6 is 27.3 Å². The quantitative estimate of drug-likeness (QED) is 0.888. The van der Waals surface area contributed by atoms with Crippen LogP contribution in [0.5, 0.6) is 0 Å². The maximum absolute atomic E-state index is 11.5. The Morgan fingerprint density at radius 1 is 1.39 bits per heavy atom. The third-order valence-corrected chi connectivity index (χ3v) is 4.10. The van der Waals surface area contributed by atoms with Crippen LogP contribution in [0.4, 0.5) is 0 Å². The molecule has 2 aromatic rings. The molecule has 1 aromatic carbocycles. The average molecular weight is 325 g/mol. The normalized spacial score (nSPS) is 12.3. The topological polar surface area (TPSA) is 55.1 Å². The van der Waals surface area contributed by atoms with Gasteiger partial charge in [-0.15, -0.1) is 11.3 Å². The summed E-state index contributed by atoms with van der Waals surface area (Å²) in [5.41, 5.74) is 7.45. The second-order valence-electron chi connectivity index (χ2n) is 3.89. The number of nitrogens with two attached hydrogens (primary N) is 1. The van der Waals surface area contributed by atoms with Gasteiger partial charge in [0.05, 0.1) is 3.79 Å². The molecule has 0 fully saturated rings. The molecule has 1 amide bonds. The van der Waals surface area contributed by atoms with Gasteiger partial charge in [-0.1, -0.05) is 30.3 Å². The van der Waals surface area contributed by atoms with Crippen LogP contribution in [-0.4, -0.2) is 5.91 Å². The number of hydrogen-bond acceptors (Lipinski definition) is 3. The van der Waals surface area contributed by atoms with Gasteiger partial charge in [-0.3, -0.25) is 10.1 Å². The number of benzene rings is 1. The van der Waals surface area contributed by atoms with Gasteiger partial charge >= 0.3 is 0 Å². The van der Waals surface area contributed by atoms with Crippen molar-refractivity contribution in [3.05, 3.63) is 56.7 Å². The first-order valence-electron chi connectivity index (χ1n) is 5.47. The summed E-state index contributed by atoms with van der Waals surface area (Å²) < 4.78 is 1.08. The minimum absolute atomic E-state index is 0.365. The number of hydrogen-bond donors (Lipinski definition) is 2. The van der Waals surface area contributed by atoms with Gasteiger partial charge < -0.3 is 5.73 Å². The van der Waals surface area contributed by atoms with E-state index in [1.54, 1.807) is 11.3 Å². The van der Waals surface area contributed by atoms with E-state index in [0.717, 1.165) is 14.9 Å². The number of amides is 1. The first-order valence-corrected chi connectivity index (χ1v) is 7.14. The molecule has 0 spiro atoms. The zero-order chi connectivity index (χ0) is 13.0. The van der Waals surface area contributed by atoms with E-state index in [1.165, 1.54) is 0 Å². The van der Waals surface area contributed by atoms with Crippen molar-refractivity contribution < 1.29 is 4.79 Å². The molecule has 0 aliphatic heterocycles. The molecule has 0 bridgehead atoms. The molecule has 18 heavy (non-hydrogen) atoms. The molecule has 1 atom stereocenters. The fourth-order valence-corrected chi connectivity index (χ4v) is 2.90. The Morgan fingerprint density at radius 2 is 2.11 bits per heavy atom. The number of rotatable bonds is 5. The molecule has 2 rings (SSSR count). The van der Waals surface area contributed by atoms with E-state index < -0.39 is 6.04 Å². The van der Waals surface area contributed by atoms with Gasteiger partial charge in [-0.05, 0) is 38.5 Å². The van der Waals surface area contributed by atoms with E-state index in [0.29, 0.717) is 6.54 Å². The molecular formula is C13H13BrN2OS.